The van der Waals surface area contributed by atoms with E-state index in [2.05, 4.69) is 47.2 Å². The Labute approximate surface area is 120 Å². The molecule has 0 saturated carbocycles. The lowest BCUT2D eigenvalue weighted by Gasteiger charge is -2.16. The van der Waals surface area contributed by atoms with Gasteiger partial charge in [0.1, 0.15) is 5.82 Å². The van der Waals surface area contributed by atoms with Crippen LogP contribution in [-0.2, 0) is 6.42 Å². The first kappa shape index (κ1) is 14.7. The van der Waals surface area contributed by atoms with Crippen molar-refractivity contribution in [2.24, 2.45) is 0 Å². The van der Waals surface area contributed by atoms with Crippen LogP contribution in [0.2, 0.25) is 0 Å². The van der Waals surface area contributed by atoms with Crippen LogP contribution in [0.3, 0.4) is 0 Å². The molecule has 2 heterocycles. The maximum Gasteiger partial charge on any atom is 0.125 e. The lowest BCUT2D eigenvalue weighted by atomic mass is 10.1. The maximum absolute atomic E-state index is 4.61. The number of nitrogens with zero attached hydrogens (tertiary/aromatic N) is 4. The summed E-state index contributed by atoms with van der Waals surface area (Å²) in [5.41, 5.74) is 2.11. The fraction of sp³-hybridized carbons (Fsp3) is 0.533. The molecule has 0 saturated heterocycles. The van der Waals surface area contributed by atoms with E-state index in [4.69, 9.17) is 0 Å². The topological polar surface area (TPSA) is 55.6 Å². The van der Waals surface area contributed by atoms with Crippen LogP contribution >= 0.6 is 0 Å². The van der Waals surface area contributed by atoms with Crippen LogP contribution in [0, 0.1) is 6.92 Å². The van der Waals surface area contributed by atoms with Crippen molar-refractivity contribution in [2.75, 3.05) is 6.54 Å². The lowest BCUT2D eigenvalue weighted by molar-refractivity contribution is 0.500. The van der Waals surface area contributed by atoms with Crippen molar-refractivity contribution >= 4 is 0 Å². The van der Waals surface area contributed by atoms with Gasteiger partial charge in [0.2, 0.25) is 0 Å². The second kappa shape index (κ2) is 6.61. The minimum Gasteiger partial charge on any atom is -0.309 e. The highest BCUT2D eigenvalue weighted by atomic mass is 15.3. The SMILES string of the molecule is CCNC(Cc1ccn(C(C)C)n1)c1ccnc(C)n1. The van der Waals surface area contributed by atoms with E-state index in [1.54, 1.807) is 0 Å². The summed E-state index contributed by atoms with van der Waals surface area (Å²) in [5, 5.41) is 8.09. The molecule has 0 amide bonds. The average Bonchev–Trinajstić information content (AvgIpc) is 2.87. The van der Waals surface area contributed by atoms with Gasteiger partial charge in [0.05, 0.1) is 17.4 Å². The Hall–Kier alpha value is -1.75. The predicted molar refractivity (Wildman–Crippen MR) is 79.5 cm³/mol. The number of hydrogen-bond acceptors (Lipinski definition) is 4. The van der Waals surface area contributed by atoms with Crippen LogP contribution in [0.25, 0.3) is 0 Å². The Balaban J connectivity index is 2.16. The van der Waals surface area contributed by atoms with Crippen LogP contribution in [0.1, 0.15) is 50.1 Å². The van der Waals surface area contributed by atoms with E-state index >= 15 is 0 Å². The Morgan fingerprint density at radius 3 is 2.70 bits per heavy atom. The molecule has 5 heteroatoms. The number of aryl methyl sites for hydroxylation is 1. The molecule has 0 fully saturated rings. The summed E-state index contributed by atoms with van der Waals surface area (Å²) in [7, 11) is 0. The van der Waals surface area contributed by atoms with Gasteiger partial charge in [-0.05, 0) is 39.4 Å². The molecular weight excluding hydrogens is 250 g/mol. The van der Waals surface area contributed by atoms with E-state index < -0.39 is 0 Å². The summed E-state index contributed by atoms with van der Waals surface area (Å²) >= 11 is 0. The number of rotatable bonds is 6. The Kier molecular flexibility index (Phi) is 4.84. The lowest BCUT2D eigenvalue weighted by Crippen LogP contribution is -2.24. The molecule has 1 atom stereocenters. The summed E-state index contributed by atoms with van der Waals surface area (Å²) < 4.78 is 1.99. The maximum atomic E-state index is 4.61. The van der Waals surface area contributed by atoms with Gasteiger partial charge in [-0.3, -0.25) is 4.68 Å². The molecule has 0 spiro atoms. The normalized spacial score (nSPS) is 12.8. The van der Waals surface area contributed by atoms with Gasteiger partial charge in [-0.2, -0.15) is 5.10 Å². The molecule has 0 bridgehead atoms. The van der Waals surface area contributed by atoms with Crippen molar-refractivity contribution < 1.29 is 0 Å². The van der Waals surface area contributed by atoms with Crippen LogP contribution < -0.4 is 5.32 Å². The third-order valence-electron chi connectivity index (χ3n) is 3.21. The predicted octanol–water partition coefficient (Wildman–Crippen LogP) is 2.46. The van der Waals surface area contributed by atoms with E-state index in [0.29, 0.717) is 6.04 Å². The van der Waals surface area contributed by atoms with Crippen molar-refractivity contribution in [3.8, 4) is 0 Å². The number of likely N-dealkylation sites (N-methyl/N-ethyl adjacent to an activating group) is 1. The molecule has 5 nitrogen and oxygen atoms in total. The van der Waals surface area contributed by atoms with Gasteiger partial charge in [-0.25, -0.2) is 9.97 Å². The van der Waals surface area contributed by atoms with Gasteiger partial charge < -0.3 is 5.32 Å². The number of hydrogen-bond donors (Lipinski definition) is 1. The summed E-state index contributed by atoms with van der Waals surface area (Å²) in [5.74, 6) is 0.804. The van der Waals surface area contributed by atoms with Crippen molar-refractivity contribution in [1.82, 2.24) is 25.1 Å². The first-order valence-corrected chi connectivity index (χ1v) is 7.17. The average molecular weight is 273 g/mol. The Morgan fingerprint density at radius 1 is 1.30 bits per heavy atom. The van der Waals surface area contributed by atoms with E-state index in [1.807, 2.05) is 30.1 Å². The van der Waals surface area contributed by atoms with Gasteiger partial charge >= 0.3 is 0 Å². The monoisotopic (exact) mass is 273 g/mol. The van der Waals surface area contributed by atoms with Crippen LogP contribution in [0.5, 0.6) is 0 Å². The highest BCUT2D eigenvalue weighted by molar-refractivity contribution is 5.12. The first-order chi connectivity index (χ1) is 9.60. The van der Waals surface area contributed by atoms with Gasteiger partial charge in [0.25, 0.3) is 0 Å². The standard InChI is InChI=1S/C15H23N5/c1-5-16-15(14-6-8-17-12(4)18-14)10-13-7-9-20(19-13)11(2)3/h6-9,11,15-16H,5,10H2,1-4H3. The van der Waals surface area contributed by atoms with Gasteiger partial charge in [0, 0.05) is 24.9 Å². The van der Waals surface area contributed by atoms with E-state index in [-0.39, 0.29) is 6.04 Å². The molecule has 108 valence electrons. The van der Waals surface area contributed by atoms with Crippen molar-refractivity contribution in [2.45, 2.75) is 46.2 Å². The van der Waals surface area contributed by atoms with E-state index in [1.165, 1.54) is 0 Å². The summed E-state index contributed by atoms with van der Waals surface area (Å²) in [6.45, 7) is 9.19. The smallest absolute Gasteiger partial charge is 0.125 e. The second-order valence-electron chi connectivity index (χ2n) is 5.22. The minimum absolute atomic E-state index is 0.178. The van der Waals surface area contributed by atoms with E-state index in [9.17, 15) is 0 Å². The van der Waals surface area contributed by atoms with Gasteiger partial charge in [0.15, 0.2) is 0 Å². The molecule has 0 aliphatic rings. The molecule has 0 aliphatic carbocycles. The number of nitrogens with one attached hydrogen (secondary N) is 1. The summed E-state index contributed by atoms with van der Waals surface area (Å²) in [6.07, 6.45) is 4.69. The molecule has 2 rings (SSSR count). The minimum atomic E-state index is 0.178. The molecular formula is C15H23N5. The molecule has 2 aromatic rings. The van der Waals surface area contributed by atoms with Crippen molar-refractivity contribution in [3.05, 3.63) is 41.7 Å². The zero-order valence-corrected chi connectivity index (χ0v) is 12.7. The summed E-state index contributed by atoms with van der Waals surface area (Å²) in [6, 6.07) is 4.62. The van der Waals surface area contributed by atoms with Crippen LogP contribution in [-0.4, -0.2) is 26.3 Å². The van der Waals surface area contributed by atoms with Crippen molar-refractivity contribution in [1.29, 1.82) is 0 Å². The first-order valence-electron chi connectivity index (χ1n) is 7.17. The molecule has 0 aromatic carbocycles. The summed E-state index contributed by atoms with van der Waals surface area (Å²) in [4.78, 5) is 8.68. The Morgan fingerprint density at radius 2 is 2.10 bits per heavy atom. The molecule has 20 heavy (non-hydrogen) atoms. The molecule has 0 aliphatic heterocycles. The molecule has 2 aromatic heterocycles. The zero-order chi connectivity index (χ0) is 14.5. The zero-order valence-electron chi connectivity index (χ0n) is 12.7. The van der Waals surface area contributed by atoms with Gasteiger partial charge in [-0.15, -0.1) is 0 Å². The van der Waals surface area contributed by atoms with Gasteiger partial charge in [-0.1, -0.05) is 6.92 Å². The molecule has 1 unspecified atom stereocenters. The molecule has 0 radical (unpaired) electrons. The van der Waals surface area contributed by atoms with Crippen molar-refractivity contribution in [3.63, 3.8) is 0 Å². The van der Waals surface area contributed by atoms with E-state index in [0.717, 1.165) is 30.2 Å². The van der Waals surface area contributed by atoms with Crippen LogP contribution in [0.15, 0.2) is 24.5 Å². The van der Waals surface area contributed by atoms with Crippen LogP contribution in [0.4, 0.5) is 0 Å². The second-order valence-corrected chi connectivity index (χ2v) is 5.22. The fourth-order valence-corrected chi connectivity index (χ4v) is 2.18. The quantitative estimate of drug-likeness (QED) is 0.878. The number of aromatic nitrogens is 4. The highest BCUT2D eigenvalue weighted by Crippen LogP contribution is 2.16. The largest absolute Gasteiger partial charge is 0.309 e. The fourth-order valence-electron chi connectivity index (χ4n) is 2.18. The molecule has 1 N–H and O–H groups in total. The third-order valence-corrected chi connectivity index (χ3v) is 3.21. The third kappa shape index (κ3) is 3.63. The Bertz CT molecular complexity index is 547. The highest BCUT2D eigenvalue weighted by Gasteiger charge is 2.15.